The molecule has 1 rings (SSSR count). The van der Waals surface area contributed by atoms with Gasteiger partial charge in [-0.05, 0) is 32.9 Å². The largest absolute Gasteiger partial charge is 0.347 e. The molecule has 0 saturated carbocycles. The Hall–Kier alpha value is -0.670. The topological polar surface area (TPSA) is 47.6 Å². The number of likely N-dealkylation sites (N-methyl/N-ethyl adjacent to an activating group) is 1. The van der Waals surface area contributed by atoms with Crippen LogP contribution in [0.1, 0.15) is 19.4 Å². The Bertz CT molecular complexity index is 373. The van der Waals surface area contributed by atoms with Gasteiger partial charge in [0.25, 0.3) is 0 Å². The van der Waals surface area contributed by atoms with Gasteiger partial charge in [0.2, 0.25) is 0 Å². The first kappa shape index (κ1) is 15.4. The standard InChI is InChI=1S/C13H22NO3P/c1-4-16-18(15,17-5-2)13(14-3)11-12-9-7-6-8-10-12/h6-10,13-14H,4-5,11H2,1-3H3. The van der Waals surface area contributed by atoms with Crippen molar-refractivity contribution in [2.45, 2.75) is 26.1 Å². The Balaban J connectivity index is 2.82. The highest BCUT2D eigenvalue weighted by molar-refractivity contribution is 7.54. The van der Waals surface area contributed by atoms with Crippen LogP contribution in [0.25, 0.3) is 0 Å². The lowest BCUT2D eigenvalue weighted by Gasteiger charge is -2.26. The smallest absolute Gasteiger partial charge is 0.308 e. The minimum atomic E-state index is -3.11. The molecule has 102 valence electrons. The second kappa shape index (κ2) is 7.70. The van der Waals surface area contributed by atoms with Crippen LogP contribution in [-0.2, 0) is 20.0 Å². The van der Waals surface area contributed by atoms with Gasteiger partial charge in [0.05, 0.1) is 13.2 Å². The summed E-state index contributed by atoms with van der Waals surface area (Å²) < 4.78 is 23.4. The van der Waals surface area contributed by atoms with Crippen molar-refractivity contribution in [1.82, 2.24) is 5.32 Å². The Labute approximate surface area is 109 Å². The van der Waals surface area contributed by atoms with Gasteiger partial charge in [0.1, 0.15) is 5.78 Å². The SMILES string of the molecule is CCOP(=O)(OCC)C(Cc1ccccc1)NC. The van der Waals surface area contributed by atoms with Gasteiger partial charge in [-0.1, -0.05) is 30.3 Å². The molecular weight excluding hydrogens is 249 g/mol. The third-order valence-corrected chi connectivity index (χ3v) is 5.05. The molecule has 1 aromatic carbocycles. The molecule has 4 nitrogen and oxygen atoms in total. The summed E-state index contributed by atoms with van der Waals surface area (Å²) in [7, 11) is -1.33. The molecular formula is C13H22NO3P. The van der Waals surface area contributed by atoms with E-state index in [0.717, 1.165) is 5.56 Å². The van der Waals surface area contributed by atoms with E-state index >= 15 is 0 Å². The quantitative estimate of drug-likeness (QED) is 0.738. The lowest BCUT2D eigenvalue weighted by Crippen LogP contribution is -2.29. The molecule has 0 radical (unpaired) electrons. The monoisotopic (exact) mass is 271 g/mol. The highest BCUT2D eigenvalue weighted by atomic mass is 31.2. The molecule has 0 aliphatic carbocycles. The van der Waals surface area contributed by atoms with Crippen molar-refractivity contribution >= 4 is 7.60 Å². The first-order valence-electron chi connectivity index (χ1n) is 6.26. The van der Waals surface area contributed by atoms with E-state index in [4.69, 9.17) is 9.05 Å². The summed E-state index contributed by atoms with van der Waals surface area (Å²) in [4.78, 5) is 0. The summed E-state index contributed by atoms with van der Waals surface area (Å²) in [5.74, 6) is -0.320. The van der Waals surface area contributed by atoms with Crippen LogP contribution >= 0.6 is 7.60 Å². The zero-order valence-electron chi connectivity index (χ0n) is 11.3. The first-order valence-corrected chi connectivity index (χ1v) is 7.87. The van der Waals surface area contributed by atoms with Crippen molar-refractivity contribution in [1.29, 1.82) is 0 Å². The summed E-state index contributed by atoms with van der Waals surface area (Å²) in [6, 6.07) is 9.91. The fourth-order valence-electron chi connectivity index (χ4n) is 1.79. The van der Waals surface area contributed by atoms with Crippen molar-refractivity contribution in [3.63, 3.8) is 0 Å². The molecule has 0 fully saturated rings. The van der Waals surface area contributed by atoms with Crippen LogP contribution in [0.4, 0.5) is 0 Å². The maximum absolute atomic E-state index is 12.6. The number of hydrogen-bond acceptors (Lipinski definition) is 4. The van der Waals surface area contributed by atoms with Crippen LogP contribution in [0.15, 0.2) is 30.3 Å². The number of benzene rings is 1. The molecule has 1 aromatic rings. The fourth-order valence-corrected chi connectivity index (χ4v) is 3.69. The lowest BCUT2D eigenvalue weighted by molar-refractivity contribution is 0.208. The van der Waals surface area contributed by atoms with Crippen molar-refractivity contribution < 1.29 is 13.6 Å². The van der Waals surface area contributed by atoms with Crippen LogP contribution in [0.5, 0.6) is 0 Å². The van der Waals surface area contributed by atoms with Gasteiger partial charge in [-0.15, -0.1) is 0 Å². The summed E-state index contributed by atoms with van der Waals surface area (Å²) in [5.41, 5.74) is 1.11. The van der Waals surface area contributed by atoms with Gasteiger partial charge in [-0.3, -0.25) is 4.57 Å². The third-order valence-electron chi connectivity index (χ3n) is 2.60. The zero-order chi connectivity index (χ0) is 13.4. The minimum Gasteiger partial charge on any atom is -0.308 e. The van der Waals surface area contributed by atoms with Crippen molar-refractivity contribution in [3.05, 3.63) is 35.9 Å². The molecule has 0 saturated heterocycles. The predicted molar refractivity (Wildman–Crippen MR) is 73.9 cm³/mol. The van der Waals surface area contributed by atoms with Crippen molar-refractivity contribution in [2.75, 3.05) is 20.3 Å². The second-order valence-corrected chi connectivity index (χ2v) is 6.09. The molecule has 18 heavy (non-hydrogen) atoms. The van der Waals surface area contributed by atoms with E-state index in [1.54, 1.807) is 7.05 Å². The third kappa shape index (κ3) is 4.21. The van der Waals surface area contributed by atoms with E-state index < -0.39 is 7.60 Å². The molecule has 1 unspecified atom stereocenters. The Morgan fingerprint density at radius 1 is 1.17 bits per heavy atom. The van der Waals surface area contributed by atoms with Crippen LogP contribution in [0, 0.1) is 0 Å². The molecule has 0 aliphatic rings. The van der Waals surface area contributed by atoms with E-state index in [1.807, 2.05) is 44.2 Å². The van der Waals surface area contributed by atoms with E-state index in [0.29, 0.717) is 19.6 Å². The van der Waals surface area contributed by atoms with Gasteiger partial charge >= 0.3 is 7.60 Å². The Kier molecular flexibility index (Phi) is 6.58. The van der Waals surface area contributed by atoms with Crippen LogP contribution in [0.3, 0.4) is 0 Å². The Morgan fingerprint density at radius 3 is 2.17 bits per heavy atom. The average Bonchev–Trinajstić information content (AvgIpc) is 2.37. The number of hydrogen-bond donors (Lipinski definition) is 1. The average molecular weight is 271 g/mol. The van der Waals surface area contributed by atoms with Crippen molar-refractivity contribution in [2.24, 2.45) is 0 Å². The molecule has 0 amide bonds. The summed E-state index contributed by atoms with van der Waals surface area (Å²) in [5, 5.41) is 3.05. The fraction of sp³-hybridized carbons (Fsp3) is 0.538. The van der Waals surface area contributed by atoms with Gasteiger partial charge in [-0.25, -0.2) is 0 Å². The molecule has 1 N–H and O–H groups in total. The predicted octanol–water partition coefficient (Wildman–Crippen LogP) is 3.04. The molecule has 0 spiro atoms. The maximum atomic E-state index is 12.6. The number of rotatable bonds is 8. The summed E-state index contributed by atoms with van der Waals surface area (Å²) in [6.07, 6.45) is 0.620. The molecule has 0 heterocycles. The molecule has 0 bridgehead atoms. The van der Waals surface area contributed by atoms with Gasteiger partial charge < -0.3 is 14.4 Å². The summed E-state index contributed by atoms with van der Waals surface area (Å²) in [6.45, 7) is 4.40. The molecule has 0 aliphatic heterocycles. The first-order chi connectivity index (χ1) is 8.66. The second-order valence-electron chi connectivity index (χ2n) is 3.87. The van der Waals surface area contributed by atoms with Gasteiger partial charge in [0.15, 0.2) is 0 Å². The van der Waals surface area contributed by atoms with E-state index in [9.17, 15) is 4.57 Å². The van der Waals surface area contributed by atoms with Gasteiger partial charge in [0, 0.05) is 0 Å². The highest BCUT2D eigenvalue weighted by Gasteiger charge is 2.34. The highest BCUT2D eigenvalue weighted by Crippen LogP contribution is 2.52. The van der Waals surface area contributed by atoms with Crippen LogP contribution < -0.4 is 5.32 Å². The van der Waals surface area contributed by atoms with Crippen LogP contribution in [0.2, 0.25) is 0 Å². The Morgan fingerprint density at radius 2 is 1.72 bits per heavy atom. The van der Waals surface area contributed by atoms with E-state index in [2.05, 4.69) is 5.32 Å². The lowest BCUT2D eigenvalue weighted by atomic mass is 10.1. The summed E-state index contributed by atoms with van der Waals surface area (Å²) >= 11 is 0. The number of nitrogens with one attached hydrogen (secondary N) is 1. The van der Waals surface area contributed by atoms with E-state index in [-0.39, 0.29) is 5.78 Å². The van der Waals surface area contributed by atoms with Crippen LogP contribution in [-0.4, -0.2) is 26.0 Å². The van der Waals surface area contributed by atoms with E-state index in [1.165, 1.54) is 0 Å². The minimum absolute atomic E-state index is 0.320. The zero-order valence-corrected chi connectivity index (χ0v) is 12.2. The maximum Gasteiger partial charge on any atom is 0.347 e. The van der Waals surface area contributed by atoms with Crippen molar-refractivity contribution in [3.8, 4) is 0 Å². The normalized spacial score (nSPS) is 13.5. The van der Waals surface area contributed by atoms with Gasteiger partial charge in [-0.2, -0.15) is 0 Å². The molecule has 1 atom stereocenters. The molecule has 5 heteroatoms. The molecule has 0 aromatic heterocycles.